The predicted octanol–water partition coefficient (Wildman–Crippen LogP) is 17.1. The number of para-hydroxylation sites is 7. The maximum atomic E-state index is 6.77. The summed E-state index contributed by atoms with van der Waals surface area (Å²) in [7, 11) is 0. The Morgan fingerprint density at radius 2 is 0.844 bits per heavy atom. The molecule has 0 N–H and O–H groups in total. The number of furan rings is 2. The Kier molecular flexibility index (Phi) is 8.18. The zero-order valence-corrected chi connectivity index (χ0v) is 34.7. The first-order valence-electron chi connectivity index (χ1n) is 21.8. The molecule has 3 aromatic heterocycles. The zero-order valence-electron chi connectivity index (χ0n) is 34.7. The van der Waals surface area contributed by atoms with E-state index in [1.807, 2.05) is 18.2 Å². The second-order valence-corrected chi connectivity index (χ2v) is 16.4. The maximum Gasteiger partial charge on any atom is 0.143 e. The van der Waals surface area contributed by atoms with E-state index in [4.69, 9.17) is 8.83 Å². The molecule has 0 unspecified atom stereocenters. The van der Waals surface area contributed by atoms with Crippen LogP contribution in [-0.4, -0.2) is 4.57 Å². The van der Waals surface area contributed by atoms with Gasteiger partial charge in [0.1, 0.15) is 22.3 Å². The molecule has 0 spiro atoms. The van der Waals surface area contributed by atoms with Crippen LogP contribution in [0.2, 0.25) is 0 Å². The summed E-state index contributed by atoms with van der Waals surface area (Å²) in [6, 6.07) is 82.1. The number of hydrogen-bond donors (Lipinski definition) is 0. The van der Waals surface area contributed by atoms with Crippen molar-refractivity contribution in [3.05, 3.63) is 231 Å². The Balaban J connectivity index is 1.09. The van der Waals surface area contributed by atoms with Gasteiger partial charge in [-0.2, -0.15) is 0 Å². The first-order valence-corrected chi connectivity index (χ1v) is 21.8. The highest BCUT2D eigenvalue weighted by Gasteiger charge is 2.25. The van der Waals surface area contributed by atoms with Gasteiger partial charge in [0, 0.05) is 60.4 Å². The molecule has 4 heteroatoms. The summed E-state index contributed by atoms with van der Waals surface area (Å²) in [5.74, 6) is 0. The average molecular weight is 819 g/mol. The minimum Gasteiger partial charge on any atom is -0.455 e. The summed E-state index contributed by atoms with van der Waals surface area (Å²) >= 11 is 0. The Morgan fingerprint density at radius 1 is 0.328 bits per heavy atom. The van der Waals surface area contributed by atoms with Crippen molar-refractivity contribution in [3.63, 3.8) is 0 Å². The van der Waals surface area contributed by atoms with Crippen molar-refractivity contribution < 1.29 is 8.83 Å². The molecule has 0 saturated heterocycles. The minimum atomic E-state index is 0.860. The number of anilines is 3. The normalized spacial score (nSPS) is 11.8. The largest absolute Gasteiger partial charge is 0.455 e. The lowest BCUT2D eigenvalue weighted by Crippen LogP contribution is -2.11. The van der Waals surface area contributed by atoms with E-state index in [0.29, 0.717) is 0 Å². The molecule has 13 aromatic rings. The Hall–Kier alpha value is -8.60. The Bertz CT molecular complexity index is 3910. The maximum absolute atomic E-state index is 6.77. The second kappa shape index (κ2) is 14.5. The first-order chi connectivity index (χ1) is 31.8. The van der Waals surface area contributed by atoms with Gasteiger partial charge in [-0.05, 0) is 77.4 Å². The van der Waals surface area contributed by atoms with Crippen molar-refractivity contribution in [2.45, 2.75) is 0 Å². The third-order valence-electron chi connectivity index (χ3n) is 12.8. The van der Waals surface area contributed by atoms with Gasteiger partial charge < -0.3 is 18.3 Å². The zero-order chi connectivity index (χ0) is 42.1. The lowest BCUT2D eigenvalue weighted by molar-refractivity contribution is 0.669. The van der Waals surface area contributed by atoms with Gasteiger partial charge >= 0.3 is 0 Å². The highest BCUT2D eigenvalue weighted by molar-refractivity contribution is 6.18. The van der Waals surface area contributed by atoms with E-state index in [-0.39, 0.29) is 0 Å². The molecule has 0 amide bonds. The van der Waals surface area contributed by atoms with Gasteiger partial charge in [0.25, 0.3) is 0 Å². The van der Waals surface area contributed by atoms with Crippen molar-refractivity contribution in [2.24, 2.45) is 0 Å². The molecule has 10 aromatic carbocycles. The van der Waals surface area contributed by atoms with Crippen LogP contribution in [0.15, 0.2) is 239 Å². The highest BCUT2D eigenvalue weighted by Crippen LogP contribution is 2.48. The average Bonchev–Trinajstić information content (AvgIpc) is 4.05. The van der Waals surface area contributed by atoms with Crippen LogP contribution in [0.5, 0.6) is 0 Å². The Morgan fingerprint density at radius 3 is 1.56 bits per heavy atom. The summed E-state index contributed by atoms with van der Waals surface area (Å²) < 4.78 is 15.9. The van der Waals surface area contributed by atoms with Gasteiger partial charge in [0.15, 0.2) is 0 Å². The van der Waals surface area contributed by atoms with E-state index >= 15 is 0 Å². The fraction of sp³-hybridized carbons (Fsp3) is 0. The molecule has 0 aliphatic rings. The van der Waals surface area contributed by atoms with E-state index in [2.05, 4.69) is 222 Å². The molecule has 4 nitrogen and oxygen atoms in total. The molecule has 0 atom stereocenters. The highest BCUT2D eigenvalue weighted by atomic mass is 16.3. The van der Waals surface area contributed by atoms with Gasteiger partial charge in [-0.3, -0.25) is 0 Å². The lowest BCUT2D eigenvalue weighted by atomic mass is 9.92. The number of benzene rings is 10. The van der Waals surface area contributed by atoms with Crippen molar-refractivity contribution in [3.8, 4) is 39.1 Å². The molecular formula is C60H38N2O2. The molecule has 300 valence electrons. The van der Waals surface area contributed by atoms with Crippen LogP contribution in [-0.2, 0) is 0 Å². The summed E-state index contributed by atoms with van der Waals surface area (Å²) in [4.78, 5) is 2.42. The van der Waals surface area contributed by atoms with E-state index in [9.17, 15) is 0 Å². The standard InChI is InChI=1S/C60H38N2O2/c1-3-18-39(19-4-1)42-22-7-11-30-52(42)61(40-20-5-2-6-21-40)54-32-17-33-55-58(54)50-25-8-12-31-53(50)62(55)41-36-37-43(46-26-15-27-47-44-23-9-13-34-56(44)63-59(46)47)51(38-41)49-29-16-28-48-45-24-10-14-35-57(45)64-60(48)49/h1-38H. The topological polar surface area (TPSA) is 34.5 Å². The molecule has 64 heavy (non-hydrogen) atoms. The molecule has 0 saturated carbocycles. The summed E-state index contributed by atoms with van der Waals surface area (Å²) in [5, 5.41) is 6.73. The number of fused-ring (bicyclic) bond motifs is 9. The minimum absolute atomic E-state index is 0.860. The summed E-state index contributed by atoms with van der Waals surface area (Å²) in [6.45, 7) is 0. The molecular weight excluding hydrogens is 781 g/mol. The van der Waals surface area contributed by atoms with Crippen LogP contribution in [0.1, 0.15) is 0 Å². The number of hydrogen-bond acceptors (Lipinski definition) is 3. The van der Waals surface area contributed by atoms with Crippen LogP contribution < -0.4 is 4.90 Å². The number of rotatable bonds is 7. The molecule has 0 bridgehead atoms. The second-order valence-electron chi connectivity index (χ2n) is 16.4. The van der Waals surface area contributed by atoms with E-state index in [0.717, 1.165) is 105 Å². The van der Waals surface area contributed by atoms with E-state index in [1.54, 1.807) is 0 Å². The van der Waals surface area contributed by atoms with Crippen LogP contribution in [0, 0.1) is 0 Å². The van der Waals surface area contributed by atoms with Crippen LogP contribution in [0.4, 0.5) is 17.1 Å². The molecule has 3 heterocycles. The predicted molar refractivity (Wildman–Crippen MR) is 266 cm³/mol. The quantitative estimate of drug-likeness (QED) is 0.161. The summed E-state index contributed by atoms with van der Waals surface area (Å²) in [6.07, 6.45) is 0. The lowest BCUT2D eigenvalue weighted by Gasteiger charge is -2.28. The van der Waals surface area contributed by atoms with Gasteiger partial charge in [-0.1, -0.05) is 170 Å². The SMILES string of the molecule is c1ccc(-c2ccccc2N(c2ccccc2)c2cccc3c2c2ccccc2n3-c2ccc(-c3cccc4c3oc3ccccc34)c(-c3cccc4c3oc3ccccc34)c2)cc1. The monoisotopic (exact) mass is 818 g/mol. The van der Waals surface area contributed by atoms with Crippen LogP contribution in [0.3, 0.4) is 0 Å². The van der Waals surface area contributed by atoms with Crippen molar-refractivity contribution in [2.75, 3.05) is 4.90 Å². The fourth-order valence-electron chi connectivity index (χ4n) is 10.0. The van der Waals surface area contributed by atoms with E-state index in [1.165, 1.54) is 16.3 Å². The Labute approximate surface area is 369 Å². The van der Waals surface area contributed by atoms with Gasteiger partial charge in [0.2, 0.25) is 0 Å². The fourth-order valence-corrected chi connectivity index (χ4v) is 10.0. The molecule has 0 fully saturated rings. The molecule has 0 aliphatic carbocycles. The van der Waals surface area contributed by atoms with E-state index < -0.39 is 0 Å². The smallest absolute Gasteiger partial charge is 0.143 e. The van der Waals surface area contributed by atoms with Crippen molar-refractivity contribution in [1.82, 2.24) is 4.57 Å². The van der Waals surface area contributed by atoms with Gasteiger partial charge in [0.05, 0.1) is 22.4 Å². The third-order valence-corrected chi connectivity index (χ3v) is 12.8. The number of nitrogens with zero attached hydrogens (tertiary/aromatic N) is 2. The third kappa shape index (κ3) is 5.56. The van der Waals surface area contributed by atoms with Gasteiger partial charge in [-0.15, -0.1) is 0 Å². The number of aromatic nitrogens is 1. The van der Waals surface area contributed by atoms with Gasteiger partial charge in [-0.25, -0.2) is 0 Å². The molecule has 0 aliphatic heterocycles. The van der Waals surface area contributed by atoms with Crippen LogP contribution in [0.25, 0.3) is 105 Å². The molecule has 0 radical (unpaired) electrons. The van der Waals surface area contributed by atoms with Crippen molar-refractivity contribution in [1.29, 1.82) is 0 Å². The van der Waals surface area contributed by atoms with Crippen molar-refractivity contribution >= 4 is 82.7 Å². The first kappa shape index (κ1) is 36.1. The van der Waals surface area contributed by atoms with Crippen LogP contribution >= 0.6 is 0 Å². The molecule has 13 rings (SSSR count). The summed E-state index contributed by atoms with van der Waals surface area (Å²) in [5.41, 5.74) is 16.5.